The number of furan rings is 1. The fourth-order valence-electron chi connectivity index (χ4n) is 2.26. The number of carbonyl (C=O) groups is 1. The molecule has 1 heterocycles. The van der Waals surface area contributed by atoms with Crippen molar-refractivity contribution in [3.8, 4) is 5.75 Å². The third-order valence-electron chi connectivity index (χ3n) is 3.20. The van der Waals surface area contributed by atoms with Crippen molar-refractivity contribution in [2.45, 2.75) is 20.4 Å². The topological polar surface area (TPSA) is 55.9 Å². The van der Waals surface area contributed by atoms with Crippen LogP contribution in [0.15, 0.2) is 40.8 Å². The molecule has 0 bridgehead atoms. The molecule has 2 aromatic rings. The van der Waals surface area contributed by atoms with E-state index >= 15 is 0 Å². The number of aryl methyl sites for hydroxylation is 1. The van der Waals surface area contributed by atoms with Gasteiger partial charge in [-0.25, -0.2) is 0 Å². The lowest BCUT2D eigenvalue weighted by molar-refractivity contribution is -0.886. The number of carbonyl (C=O) groups excluding carboxylic acids is 1. The Balaban J connectivity index is 1.89. The van der Waals surface area contributed by atoms with Crippen LogP contribution < -0.4 is 15.0 Å². The monoisotopic (exact) mass is 303 g/mol. The van der Waals surface area contributed by atoms with Crippen LogP contribution in [0.25, 0.3) is 0 Å². The Morgan fingerprint density at radius 3 is 2.73 bits per heavy atom. The zero-order chi connectivity index (χ0) is 15.9. The molecule has 0 saturated heterocycles. The lowest BCUT2D eigenvalue weighted by atomic mass is 10.3. The number of benzene rings is 1. The number of anilines is 1. The molecule has 0 aliphatic rings. The number of amides is 1. The molecular weight excluding hydrogens is 280 g/mol. The summed E-state index contributed by atoms with van der Waals surface area (Å²) in [6.45, 7) is 5.43. The van der Waals surface area contributed by atoms with E-state index < -0.39 is 0 Å². The smallest absolute Gasteiger partial charge is 0.279 e. The van der Waals surface area contributed by atoms with Crippen molar-refractivity contribution in [3.63, 3.8) is 0 Å². The Kier molecular flexibility index (Phi) is 5.61. The maximum Gasteiger partial charge on any atom is 0.279 e. The fourth-order valence-corrected chi connectivity index (χ4v) is 2.26. The number of likely N-dealkylation sites (N-methyl/N-ethyl adjacent to an activating group) is 1. The van der Waals surface area contributed by atoms with E-state index in [4.69, 9.17) is 9.15 Å². The van der Waals surface area contributed by atoms with Crippen LogP contribution >= 0.6 is 0 Å². The Bertz CT molecular complexity index is 622. The van der Waals surface area contributed by atoms with Crippen molar-refractivity contribution in [2.75, 3.05) is 25.5 Å². The third kappa shape index (κ3) is 4.63. The second-order valence-electron chi connectivity index (χ2n) is 5.30. The number of ether oxygens (including phenoxy) is 1. The van der Waals surface area contributed by atoms with E-state index in [9.17, 15) is 4.79 Å². The van der Waals surface area contributed by atoms with Crippen LogP contribution in [0.3, 0.4) is 0 Å². The minimum atomic E-state index is -0.0482. The first-order valence-corrected chi connectivity index (χ1v) is 7.46. The van der Waals surface area contributed by atoms with Gasteiger partial charge in [0.2, 0.25) is 0 Å². The molecule has 118 valence electrons. The first-order valence-electron chi connectivity index (χ1n) is 7.46. The molecule has 0 radical (unpaired) electrons. The first-order chi connectivity index (χ1) is 10.6. The summed E-state index contributed by atoms with van der Waals surface area (Å²) in [5.41, 5.74) is 0.705. The zero-order valence-electron chi connectivity index (χ0n) is 13.3. The van der Waals surface area contributed by atoms with Crippen LogP contribution in [0.4, 0.5) is 5.69 Å². The summed E-state index contributed by atoms with van der Waals surface area (Å²) in [6.07, 6.45) is 0. The Morgan fingerprint density at radius 1 is 1.27 bits per heavy atom. The largest absolute Gasteiger partial charge is 0.492 e. The summed E-state index contributed by atoms with van der Waals surface area (Å²) in [5.74, 6) is 2.42. The van der Waals surface area contributed by atoms with Gasteiger partial charge in [-0.1, -0.05) is 12.1 Å². The molecule has 2 N–H and O–H groups in total. The number of hydrogen-bond donors (Lipinski definition) is 2. The molecule has 0 fully saturated rings. The molecular formula is C17H23N2O3+. The van der Waals surface area contributed by atoms with Gasteiger partial charge >= 0.3 is 0 Å². The molecule has 1 atom stereocenters. The van der Waals surface area contributed by atoms with Gasteiger partial charge in [-0.15, -0.1) is 0 Å². The normalized spacial score (nSPS) is 12.0. The number of hydrogen-bond acceptors (Lipinski definition) is 3. The van der Waals surface area contributed by atoms with Gasteiger partial charge in [0, 0.05) is 0 Å². The predicted molar refractivity (Wildman–Crippen MR) is 85.1 cm³/mol. The average Bonchev–Trinajstić information content (AvgIpc) is 2.86. The highest BCUT2D eigenvalue weighted by Gasteiger charge is 2.14. The van der Waals surface area contributed by atoms with Gasteiger partial charge in [0.25, 0.3) is 5.91 Å². The van der Waals surface area contributed by atoms with Crippen molar-refractivity contribution in [1.82, 2.24) is 0 Å². The van der Waals surface area contributed by atoms with Crippen molar-refractivity contribution >= 4 is 11.6 Å². The van der Waals surface area contributed by atoms with Gasteiger partial charge in [0.1, 0.15) is 18.1 Å². The van der Waals surface area contributed by atoms with E-state index in [1.54, 1.807) is 0 Å². The summed E-state index contributed by atoms with van der Waals surface area (Å²) in [7, 11) is 1.96. The highest BCUT2D eigenvalue weighted by molar-refractivity contribution is 5.92. The van der Waals surface area contributed by atoms with Gasteiger partial charge in [-0.3, -0.25) is 4.79 Å². The molecule has 1 aromatic carbocycles. The van der Waals surface area contributed by atoms with Crippen LogP contribution in [0, 0.1) is 6.92 Å². The van der Waals surface area contributed by atoms with Crippen molar-refractivity contribution < 1.29 is 18.8 Å². The minimum absolute atomic E-state index is 0.0482. The fraction of sp³-hybridized carbons (Fsp3) is 0.353. The van der Waals surface area contributed by atoms with Gasteiger partial charge in [-0.2, -0.15) is 0 Å². The number of quaternary nitrogens is 1. The summed E-state index contributed by atoms with van der Waals surface area (Å²) < 4.78 is 11.0. The predicted octanol–water partition coefficient (Wildman–Crippen LogP) is 1.64. The van der Waals surface area contributed by atoms with E-state index in [1.807, 2.05) is 57.3 Å². The van der Waals surface area contributed by atoms with Gasteiger partial charge < -0.3 is 19.4 Å². The molecule has 2 rings (SSSR count). The van der Waals surface area contributed by atoms with Gasteiger partial charge in [0.05, 0.1) is 19.3 Å². The van der Waals surface area contributed by atoms with Gasteiger partial charge in [0.15, 0.2) is 12.3 Å². The molecule has 1 unspecified atom stereocenters. The van der Waals surface area contributed by atoms with Crippen molar-refractivity contribution in [2.24, 2.45) is 0 Å². The number of nitrogens with one attached hydrogen (secondary N) is 2. The van der Waals surface area contributed by atoms with Crippen LogP contribution in [0.2, 0.25) is 0 Å². The zero-order valence-corrected chi connectivity index (χ0v) is 13.3. The van der Waals surface area contributed by atoms with E-state index in [2.05, 4.69) is 5.32 Å². The highest BCUT2D eigenvalue weighted by atomic mass is 16.5. The number of para-hydroxylation sites is 2. The first kappa shape index (κ1) is 16.1. The number of rotatable bonds is 7. The summed E-state index contributed by atoms with van der Waals surface area (Å²) in [5, 5.41) is 2.90. The summed E-state index contributed by atoms with van der Waals surface area (Å²) in [4.78, 5) is 13.2. The Morgan fingerprint density at radius 2 is 2.05 bits per heavy atom. The minimum Gasteiger partial charge on any atom is -0.492 e. The van der Waals surface area contributed by atoms with Crippen LogP contribution in [0.1, 0.15) is 18.4 Å². The van der Waals surface area contributed by atoms with Crippen LogP contribution in [0.5, 0.6) is 5.75 Å². The molecule has 5 nitrogen and oxygen atoms in total. The highest BCUT2D eigenvalue weighted by Crippen LogP contribution is 2.23. The second-order valence-corrected chi connectivity index (χ2v) is 5.30. The Labute approximate surface area is 130 Å². The van der Waals surface area contributed by atoms with E-state index in [0.29, 0.717) is 31.1 Å². The molecule has 1 aromatic heterocycles. The standard InChI is InChI=1S/C17H22N2O3/c1-4-21-16-8-6-5-7-15(16)18-17(20)12-19(3)11-14-10-9-13(2)22-14/h5-10H,4,11-12H2,1-3H3,(H,18,20)/p+1. The Hall–Kier alpha value is -2.27. The van der Waals surface area contributed by atoms with Crippen LogP contribution in [-0.4, -0.2) is 26.1 Å². The SMILES string of the molecule is CCOc1ccccc1NC(=O)C[NH+](C)Cc1ccc(C)o1. The third-order valence-corrected chi connectivity index (χ3v) is 3.20. The quantitative estimate of drug-likeness (QED) is 0.817. The van der Waals surface area contributed by atoms with E-state index in [1.165, 1.54) is 0 Å². The van der Waals surface area contributed by atoms with Crippen molar-refractivity contribution in [3.05, 3.63) is 47.9 Å². The average molecular weight is 303 g/mol. The maximum atomic E-state index is 12.2. The molecule has 1 amide bonds. The summed E-state index contributed by atoms with van der Waals surface area (Å²) in [6, 6.07) is 11.3. The lowest BCUT2D eigenvalue weighted by Gasteiger charge is -2.14. The molecule has 0 aliphatic carbocycles. The second kappa shape index (κ2) is 7.66. The van der Waals surface area contributed by atoms with E-state index in [-0.39, 0.29) is 5.91 Å². The van der Waals surface area contributed by atoms with Crippen LogP contribution in [-0.2, 0) is 11.3 Å². The van der Waals surface area contributed by atoms with Crippen molar-refractivity contribution in [1.29, 1.82) is 0 Å². The molecule has 22 heavy (non-hydrogen) atoms. The maximum absolute atomic E-state index is 12.2. The lowest BCUT2D eigenvalue weighted by Crippen LogP contribution is -3.08. The van der Waals surface area contributed by atoms with Gasteiger partial charge in [-0.05, 0) is 38.1 Å². The molecule has 0 spiro atoms. The molecule has 0 saturated carbocycles. The van der Waals surface area contributed by atoms with E-state index in [0.717, 1.165) is 16.4 Å². The molecule has 5 heteroatoms. The molecule has 0 aliphatic heterocycles. The summed E-state index contributed by atoms with van der Waals surface area (Å²) >= 11 is 0.